The van der Waals surface area contributed by atoms with Crippen LogP contribution in [0.5, 0.6) is 5.75 Å². The van der Waals surface area contributed by atoms with Crippen molar-refractivity contribution in [2.24, 2.45) is 5.92 Å². The molecule has 2 atom stereocenters. The Bertz CT molecular complexity index is 1000. The van der Waals surface area contributed by atoms with Gasteiger partial charge in [-0.1, -0.05) is 31.0 Å². The number of nitrogens with zero attached hydrogens (tertiary/aromatic N) is 2. The van der Waals surface area contributed by atoms with Gasteiger partial charge in [-0.2, -0.15) is 5.10 Å². The van der Waals surface area contributed by atoms with Crippen LogP contribution in [0.15, 0.2) is 48.7 Å². The van der Waals surface area contributed by atoms with Crippen molar-refractivity contribution in [2.45, 2.75) is 45.8 Å². The van der Waals surface area contributed by atoms with Gasteiger partial charge in [0.2, 0.25) is 0 Å². The van der Waals surface area contributed by atoms with Crippen LogP contribution in [0.4, 0.5) is 0 Å². The van der Waals surface area contributed by atoms with Crippen LogP contribution in [0.1, 0.15) is 43.7 Å². The summed E-state index contributed by atoms with van der Waals surface area (Å²) in [5.74, 6) is 8.03. The highest BCUT2D eigenvalue weighted by Gasteiger charge is 2.17. The first-order chi connectivity index (χ1) is 14.3. The molecule has 0 amide bonds. The largest absolute Gasteiger partial charge is 0.489 e. The summed E-state index contributed by atoms with van der Waals surface area (Å²) in [7, 11) is 0. The highest BCUT2D eigenvalue weighted by Crippen LogP contribution is 2.24. The van der Waals surface area contributed by atoms with Crippen molar-refractivity contribution in [3.8, 4) is 17.6 Å². The zero-order valence-electron chi connectivity index (χ0n) is 17.2. The lowest BCUT2D eigenvalue weighted by molar-refractivity contribution is 0.182. The van der Waals surface area contributed by atoms with Crippen LogP contribution < -0.4 is 4.74 Å². The molecular formula is C25H28N2O2. The highest BCUT2D eigenvalue weighted by atomic mass is 16.5. The molecule has 1 saturated heterocycles. The Labute approximate surface area is 172 Å². The highest BCUT2D eigenvalue weighted by molar-refractivity contribution is 5.79. The summed E-state index contributed by atoms with van der Waals surface area (Å²) in [6.45, 7) is 7.24. The lowest BCUT2D eigenvalue weighted by atomic mass is 9.97. The lowest BCUT2D eigenvalue weighted by Gasteiger charge is -2.11. The van der Waals surface area contributed by atoms with Gasteiger partial charge in [0.05, 0.1) is 18.3 Å². The summed E-state index contributed by atoms with van der Waals surface area (Å²) in [4.78, 5) is 0. The van der Waals surface area contributed by atoms with E-state index < -0.39 is 0 Å². The second-order valence-corrected chi connectivity index (χ2v) is 7.66. The van der Waals surface area contributed by atoms with E-state index in [-0.39, 0.29) is 0 Å². The first kappa shape index (κ1) is 19.5. The zero-order valence-corrected chi connectivity index (χ0v) is 17.2. The summed E-state index contributed by atoms with van der Waals surface area (Å²) in [6, 6.07) is 14.8. The van der Waals surface area contributed by atoms with Gasteiger partial charge in [-0.25, -0.2) is 0 Å². The number of hydrogen-bond donors (Lipinski definition) is 0. The number of aromatic nitrogens is 2. The van der Waals surface area contributed by atoms with Crippen molar-refractivity contribution in [2.75, 3.05) is 13.2 Å². The fourth-order valence-electron chi connectivity index (χ4n) is 3.90. The van der Waals surface area contributed by atoms with Gasteiger partial charge in [0, 0.05) is 30.4 Å². The third-order valence-corrected chi connectivity index (χ3v) is 5.58. The van der Waals surface area contributed by atoms with E-state index in [9.17, 15) is 0 Å². The first-order valence-electron chi connectivity index (χ1n) is 10.4. The maximum atomic E-state index is 6.00. The van der Waals surface area contributed by atoms with Crippen molar-refractivity contribution >= 4 is 10.9 Å². The summed E-state index contributed by atoms with van der Waals surface area (Å²) < 4.78 is 13.6. The Balaban J connectivity index is 1.39. The Hall–Kier alpha value is -2.77. The molecule has 0 bridgehead atoms. The third kappa shape index (κ3) is 4.63. The molecule has 0 aliphatic carbocycles. The van der Waals surface area contributed by atoms with Gasteiger partial charge in [0.25, 0.3) is 0 Å². The van der Waals surface area contributed by atoms with Crippen molar-refractivity contribution in [1.82, 2.24) is 9.78 Å². The molecule has 1 aliphatic rings. The fourth-order valence-corrected chi connectivity index (χ4v) is 3.90. The van der Waals surface area contributed by atoms with Gasteiger partial charge in [-0.05, 0) is 55.2 Å². The minimum Gasteiger partial charge on any atom is -0.489 e. The Morgan fingerprint density at radius 2 is 2.10 bits per heavy atom. The topological polar surface area (TPSA) is 36.3 Å². The average Bonchev–Trinajstić information content (AvgIpc) is 3.41. The Morgan fingerprint density at radius 1 is 1.24 bits per heavy atom. The van der Waals surface area contributed by atoms with E-state index in [2.05, 4.69) is 58.9 Å². The van der Waals surface area contributed by atoms with Crippen LogP contribution in [0.2, 0.25) is 0 Å². The minimum absolute atomic E-state index is 0.295. The number of fused-ring (bicyclic) bond motifs is 1. The van der Waals surface area contributed by atoms with Gasteiger partial charge in [-0.3, -0.25) is 4.68 Å². The molecule has 2 aromatic carbocycles. The molecule has 0 N–H and O–H groups in total. The molecule has 0 radical (unpaired) electrons. The average molecular weight is 389 g/mol. The molecule has 0 spiro atoms. The smallest absolute Gasteiger partial charge is 0.119 e. The van der Waals surface area contributed by atoms with Gasteiger partial charge < -0.3 is 9.47 Å². The van der Waals surface area contributed by atoms with Gasteiger partial charge >= 0.3 is 0 Å². The maximum absolute atomic E-state index is 6.00. The molecule has 4 rings (SSSR count). The van der Waals surface area contributed by atoms with E-state index in [1.54, 1.807) is 0 Å². The number of ether oxygens (including phenoxy) is 2. The van der Waals surface area contributed by atoms with Crippen LogP contribution in [0, 0.1) is 17.8 Å². The van der Waals surface area contributed by atoms with Crippen molar-refractivity contribution in [1.29, 1.82) is 0 Å². The molecular weight excluding hydrogens is 360 g/mol. The molecule has 4 heteroatoms. The van der Waals surface area contributed by atoms with Crippen LogP contribution in [-0.4, -0.2) is 23.0 Å². The van der Waals surface area contributed by atoms with Gasteiger partial charge in [-0.15, -0.1) is 5.92 Å². The number of rotatable bonds is 7. The van der Waals surface area contributed by atoms with Crippen LogP contribution in [0.25, 0.3) is 10.9 Å². The third-order valence-electron chi connectivity index (χ3n) is 5.58. The molecule has 1 aromatic heterocycles. The number of hydrogen-bond acceptors (Lipinski definition) is 3. The van der Waals surface area contributed by atoms with Crippen molar-refractivity contribution < 1.29 is 9.47 Å². The predicted molar refractivity (Wildman–Crippen MR) is 116 cm³/mol. The van der Waals surface area contributed by atoms with E-state index in [1.165, 1.54) is 11.1 Å². The van der Waals surface area contributed by atoms with Crippen LogP contribution >= 0.6 is 0 Å². The van der Waals surface area contributed by atoms with E-state index in [4.69, 9.17) is 9.47 Å². The molecule has 150 valence electrons. The normalized spacial score (nSPS) is 17.1. The second-order valence-electron chi connectivity index (χ2n) is 7.66. The van der Waals surface area contributed by atoms with Crippen molar-refractivity contribution in [3.05, 3.63) is 59.8 Å². The Kier molecular flexibility index (Phi) is 6.17. The summed E-state index contributed by atoms with van der Waals surface area (Å²) in [6.07, 6.45) is 4.09. The summed E-state index contributed by atoms with van der Waals surface area (Å²) in [5, 5.41) is 5.73. The Morgan fingerprint density at radius 3 is 2.83 bits per heavy atom. The molecule has 29 heavy (non-hydrogen) atoms. The SMILES string of the molecule is CC#C[C@@H](CC)c1ccc(OCc2ccc3c(cnn3CC3CCOC3)c2)cc1. The predicted octanol–water partition coefficient (Wildman–Crippen LogP) is 5.17. The molecule has 1 fully saturated rings. The molecule has 0 saturated carbocycles. The first-order valence-corrected chi connectivity index (χ1v) is 10.4. The monoisotopic (exact) mass is 388 g/mol. The number of benzene rings is 2. The van der Waals surface area contributed by atoms with Crippen molar-refractivity contribution in [3.63, 3.8) is 0 Å². The standard InChI is InChI=1S/C25H28N2O2/c1-3-5-21(4-2)22-7-9-24(10-8-22)29-18-19-6-11-25-23(14-19)15-26-27(25)16-20-12-13-28-17-20/h6-11,14-15,20-21H,4,12-13,16-18H2,1-2H3/t20?,21-/m1/s1. The second kappa shape index (κ2) is 9.15. The van der Waals surface area contributed by atoms with Gasteiger partial charge in [0.15, 0.2) is 0 Å². The fraction of sp³-hybridized carbons (Fsp3) is 0.400. The molecule has 2 heterocycles. The van der Waals surface area contributed by atoms with E-state index in [1.807, 2.05) is 25.3 Å². The van der Waals surface area contributed by atoms with Crippen LogP contribution in [-0.2, 0) is 17.9 Å². The van der Waals surface area contributed by atoms with Crippen LogP contribution in [0.3, 0.4) is 0 Å². The van der Waals surface area contributed by atoms with E-state index in [0.717, 1.165) is 49.3 Å². The zero-order chi connectivity index (χ0) is 20.1. The molecule has 1 aliphatic heterocycles. The lowest BCUT2D eigenvalue weighted by Crippen LogP contribution is -2.11. The molecule has 1 unspecified atom stereocenters. The maximum Gasteiger partial charge on any atom is 0.119 e. The van der Waals surface area contributed by atoms with E-state index >= 15 is 0 Å². The molecule has 4 nitrogen and oxygen atoms in total. The molecule has 3 aromatic rings. The summed E-state index contributed by atoms with van der Waals surface area (Å²) in [5.41, 5.74) is 3.57. The van der Waals surface area contributed by atoms with E-state index in [0.29, 0.717) is 18.4 Å². The quantitative estimate of drug-likeness (QED) is 0.524. The minimum atomic E-state index is 0.295. The summed E-state index contributed by atoms with van der Waals surface area (Å²) >= 11 is 0. The van der Waals surface area contributed by atoms with Gasteiger partial charge in [0.1, 0.15) is 12.4 Å².